The number of benzene rings is 3. The van der Waals surface area contributed by atoms with Gasteiger partial charge in [0.05, 0.1) is 11.0 Å². The number of anilines is 2. The summed E-state index contributed by atoms with van der Waals surface area (Å²) < 4.78 is 29.2. The molecule has 5 rings (SSSR count). The molecule has 10 heteroatoms. The van der Waals surface area contributed by atoms with Gasteiger partial charge in [-0.05, 0) is 92.7 Å². The Bertz CT molecular complexity index is 1700. The highest BCUT2D eigenvalue weighted by atomic mass is 32.2. The number of aliphatic hydroxyl groups is 1. The number of rotatable bonds is 12. The Morgan fingerprint density at radius 2 is 1.78 bits per heavy atom. The average Bonchev–Trinajstić information content (AvgIpc) is 3.47. The number of urea groups is 1. The van der Waals surface area contributed by atoms with Gasteiger partial charge in [0.1, 0.15) is 0 Å². The van der Waals surface area contributed by atoms with E-state index in [1.807, 2.05) is 43.4 Å². The molecule has 1 aliphatic rings. The van der Waals surface area contributed by atoms with E-state index in [0.717, 1.165) is 34.4 Å². The minimum absolute atomic E-state index is 0.108. The Hall–Kier alpha value is -4.25. The highest BCUT2D eigenvalue weighted by molar-refractivity contribution is 7.92. The molecule has 2 heterocycles. The quantitative estimate of drug-likeness (QED) is 0.187. The lowest BCUT2D eigenvalue weighted by Crippen LogP contribution is -2.52. The molecule has 0 fully saturated rings. The van der Waals surface area contributed by atoms with Crippen molar-refractivity contribution in [2.45, 2.75) is 49.6 Å². The average molecular weight is 628 g/mol. The van der Waals surface area contributed by atoms with Gasteiger partial charge in [-0.2, -0.15) is 0 Å². The lowest BCUT2D eigenvalue weighted by molar-refractivity contribution is 0.162. The number of sulfonamides is 1. The van der Waals surface area contributed by atoms with Crippen LogP contribution in [0.5, 0.6) is 0 Å². The van der Waals surface area contributed by atoms with Crippen LogP contribution in [0.15, 0.2) is 102 Å². The predicted octanol–water partition coefficient (Wildman–Crippen LogP) is 5.18. The van der Waals surface area contributed by atoms with Crippen LogP contribution < -0.4 is 14.9 Å². The lowest BCUT2D eigenvalue weighted by atomic mass is 9.93. The number of aliphatic hydroxyl groups excluding tert-OH is 1. The van der Waals surface area contributed by atoms with Crippen molar-refractivity contribution in [2.24, 2.45) is 0 Å². The molecule has 236 valence electrons. The summed E-state index contributed by atoms with van der Waals surface area (Å²) in [5.41, 5.74) is 4.60. The van der Waals surface area contributed by atoms with E-state index >= 15 is 0 Å². The van der Waals surface area contributed by atoms with Crippen LogP contribution in [0, 0.1) is 0 Å². The van der Waals surface area contributed by atoms with Crippen molar-refractivity contribution in [3.05, 3.63) is 120 Å². The zero-order chi connectivity index (χ0) is 32.0. The van der Waals surface area contributed by atoms with Crippen LogP contribution in [0.2, 0.25) is 0 Å². The number of fused-ring (bicyclic) bond motifs is 1. The molecule has 0 aliphatic carbocycles. The van der Waals surface area contributed by atoms with Crippen LogP contribution in [0.3, 0.4) is 0 Å². The fourth-order valence-electron chi connectivity index (χ4n) is 5.51. The minimum Gasteiger partial charge on any atom is -0.387 e. The number of nitrogens with zero attached hydrogens (tertiary/aromatic N) is 3. The SMILES string of the molecule is CN(C(=O)N1CCc2cc(S(=O)(=O)Nc3ccc(CCNC[C@H](O)c4cccnc4)cc3)ccc21)C(C)(C)Cc1ccccc1. The monoisotopic (exact) mass is 627 g/mol. The molecule has 0 unspecified atom stereocenters. The third kappa shape index (κ3) is 7.89. The second-order valence-electron chi connectivity index (χ2n) is 12.1. The first-order valence-corrected chi connectivity index (χ1v) is 16.6. The topological polar surface area (TPSA) is 115 Å². The number of nitrogens with one attached hydrogen (secondary N) is 2. The molecule has 45 heavy (non-hydrogen) atoms. The van der Waals surface area contributed by atoms with E-state index in [1.165, 1.54) is 0 Å². The summed E-state index contributed by atoms with van der Waals surface area (Å²) in [5, 5.41) is 13.5. The van der Waals surface area contributed by atoms with E-state index in [4.69, 9.17) is 0 Å². The van der Waals surface area contributed by atoms with Crippen LogP contribution in [0.4, 0.5) is 16.2 Å². The molecule has 0 radical (unpaired) electrons. The van der Waals surface area contributed by atoms with Gasteiger partial charge in [-0.1, -0.05) is 48.5 Å². The van der Waals surface area contributed by atoms with Gasteiger partial charge < -0.3 is 15.3 Å². The smallest absolute Gasteiger partial charge is 0.324 e. The molecule has 1 aliphatic heterocycles. The molecule has 0 bridgehead atoms. The Kier molecular flexibility index (Phi) is 9.86. The van der Waals surface area contributed by atoms with E-state index in [0.29, 0.717) is 38.2 Å². The normalized spacial score (nSPS) is 13.7. The van der Waals surface area contributed by atoms with E-state index in [1.54, 1.807) is 58.6 Å². The van der Waals surface area contributed by atoms with Crippen LogP contribution in [-0.2, 0) is 29.3 Å². The second-order valence-corrected chi connectivity index (χ2v) is 13.7. The van der Waals surface area contributed by atoms with Crippen LogP contribution >= 0.6 is 0 Å². The molecule has 3 aromatic carbocycles. The van der Waals surface area contributed by atoms with E-state index in [9.17, 15) is 18.3 Å². The van der Waals surface area contributed by atoms with Crippen LogP contribution in [-0.4, -0.2) is 61.7 Å². The van der Waals surface area contributed by atoms with Crippen LogP contribution in [0.25, 0.3) is 0 Å². The van der Waals surface area contributed by atoms with Gasteiger partial charge in [-0.3, -0.25) is 14.6 Å². The Morgan fingerprint density at radius 1 is 1.02 bits per heavy atom. The minimum atomic E-state index is -3.83. The zero-order valence-corrected chi connectivity index (χ0v) is 26.8. The van der Waals surface area contributed by atoms with Crippen molar-refractivity contribution in [1.82, 2.24) is 15.2 Å². The molecule has 0 saturated heterocycles. The van der Waals surface area contributed by atoms with Crippen molar-refractivity contribution < 1.29 is 18.3 Å². The number of carbonyl (C=O) groups excluding carboxylic acids is 1. The molecule has 0 spiro atoms. The van der Waals surface area contributed by atoms with Gasteiger partial charge >= 0.3 is 6.03 Å². The van der Waals surface area contributed by atoms with Crippen LogP contribution in [0.1, 0.15) is 42.2 Å². The summed E-state index contributed by atoms with van der Waals surface area (Å²) in [6, 6.07) is 25.9. The fraction of sp³-hybridized carbons (Fsp3) is 0.314. The highest BCUT2D eigenvalue weighted by Gasteiger charge is 2.34. The maximum Gasteiger partial charge on any atom is 0.324 e. The van der Waals surface area contributed by atoms with E-state index in [2.05, 4.69) is 41.0 Å². The van der Waals surface area contributed by atoms with Gasteiger partial charge in [-0.25, -0.2) is 13.2 Å². The molecule has 4 aromatic rings. The number of amides is 2. The number of aromatic nitrogens is 1. The summed E-state index contributed by atoms with van der Waals surface area (Å²) in [6.07, 6.45) is 4.72. The summed E-state index contributed by atoms with van der Waals surface area (Å²) in [5.74, 6) is 0. The third-order valence-corrected chi connectivity index (χ3v) is 9.74. The van der Waals surface area contributed by atoms with Crippen molar-refractivity contribution in [3.8, 4) is 0 Å². The number of carbonyl (C=O) groups is 1. The van der Waals surface area contributed by atoms with Crippen molar-refractivity contribution in [1.29, 1.82) is 0 Å². The maximum atomic E-state index is 13.6. The van der Waals surface area contributed by atoms with Gasteiger partial charge in [0, 0.05) is 55.0 Å². The molecule has 0 saturated carbocycles. The van der Waals surface area contributed by atoms with Crippen molar-refractivity contribution >= 4 is 27.4 Å². The first-order valence-electron chi connectivity index (χ1n) is 15.2. The first kappa shape index (κ1) is 32.2. The van der Waals surface area contributed by atoms with Gasteiger partial charge in [0.2, 0.25) is 0 Å². The first-order chi connectivity index (χ1) is 21.5. The summed E-state index contributed by atoms with van der Waals surface area (Å²) >= 11 is 0. The summed E-state index contributed by atoms with van der Waals surface area (Å²) in [6.45, 7) is 5.68. The van der Waals surface area contributed by atoms with Gasteiger partial charge in [0.15, 0.2) is 0 Å². The number of likely N-dealkylation sites (N-methyl/N-ethyl adjacent to an activating group) is 1. The summed E-state index contributed by atoms with van der Waals surface area (Å²) in [7, 11) is -2.00. The molecular weight excluding hydrogens is 586 g/mol. The second kappa shape index (κ2) is 13.8. The largest absolute Gasteiger partial charge is 0.387 e. The third-order valence-electron chi connectivity index (χ3n) is 8.37. The molecule has 1 atom stereocenters. The number of pyridine rings is 1. The lowest BCUT2D eigenvalue weighted by Gasteiger charge is -2.38. The van der Waals surface area contributed by atoms with Crippen molar-refractivity contribution in [3.63, 3.8) is 0 Å². The Morgan fingerprint density at radius 3 is 2.49 bits per heavy atom. The number of hydrogen-bond acceptors (Lipinski definition) is 6. The zero-order valence-electron chi connectivity index (χ0n) is 26.0. The standard InChI is InChI=1S/C35H41N5O4S/c1-35(2,23-27-8-5-4-6-9-27)39(3)34(42)40-21-18-28-22-31(15-16-32(28)40)45(43,44)38-30-13-11-26(12-14-30)17-20-37-25-33(41)29-10-7-19-36-24-29/h4-16,19,22,24,33,37-38,41H,17-18,20-21,23,25H2,1-3H3/t33-/m0/s1. The Labute approximate surface area is 266 Å². The Balaban J connectivity index is 1.16. The highest BCUT2D eigenvalue weighted by Crippen LogP contribution is 2.33. The van der Waals surface area contributed by atoms with Crippen molar-refractivity contribution in [2.75, 3.05) is 36.3 Å². The van der Waals surface area contributed by atoms with Gasteiger partial charge in [-0.15, -0.1) is 0 Å². The fourth-order valence-corrected chi connectivity index (χ4v) is 6.62. The predicted molar refractivity (Wildman–Crippen MR) is 178 cm³/mol. The van der Waals surface area contributed by atoms with E-state index in [-0.39, 0.29) is 10.9 Å². The molecular formula is C35H41N5O4S. The van der Waals surface area contributed by atoms with E-state index < -0.39 is 21.7 Å². The maximum absolute atomic E-state index is 13.6. The van der Waals surface area contributed by atoms with Gasteiger partial charge in [0.25, 0.3) is 10.0 Å². The number of hydrogen-bond donors (Lipinski definition) is 3. The molecule has 2 amide bonds. The molecule has 1 aromatic heterocycles. The molecule has 3 N–H and O–H groups in total. The summed E-state index contributed by atoms with van der Waals surface area (Å²) in [4.78, 5) is 21.3. The molecule has 9 nitrogen and oxygen atoms in total.